The zero-order valence-corrected chi connectivity index (χ0v) is 42.6. The van der Waals surface area contributed by atoms with Crippen LogP contribution in [0.15, 0.2) is 24.3 Å². The van der Waals surface area contributed by atoms with Gasteiger partial charge in [-0.25, -0.2) is 9.59 Å². The third kappa shape index (κ3) is 48.1. The van der Waals surface area contributed by atoms with E-state index in [1.165, 1.54) is 13.8 Å². The number of carbonyl (C=O) groups is 2. The maximum absolute atomic E-state index is 9.60. The molecule has 0 amide bonds. The molecule has 65 heavy (non-hydrogen) atoms. The molecule has 0 aliphatic heterocycles. The highest BCUT2D eigenvalue weighted by Crippen LogP contribution is 2.07. The largest absolute Gasteiger partial charge is 0.478 e. The molecule has 0 aromatic carbocycles. The summed E-state index contributed by atoms with van der Waals surface area (Å²) < 4.78 is 69.8. The van der Waals surface area contributed by atoms with Crippen LogP contribution in [0.4, 0.5) is 0 Å². The smallest absolute Gasteiger partial charge is 0.330 e. The molecule has 0 saturated carbocycles. The molecule has 0 bridgehead atoms. The van der Waals surface area contributed by atoms with E-state index in [1.807, 2.05) is 83.1 Å². The minimum Gasteiger partial charge on any atom is -0.478 e. The Hall–Kier alpha value is -2.14. The Morgan fingerprint density at radius 2 is 0.462 bits per heavy atom. The number of aliphatic hydroxyl groups is 2. The molecule has 0 heterocycles. The van der Waals surface area contributed by atoms with Crippen molar-refractivity contribution in [1.82, 2.24) is 0 Å². The molecule has 0 rings (SSSR count). The Labute approximate surface area is 391 Å². The van der Waals surface area contributed by atoms with E-state index in [0.29, 0.717) is 79.3 Å². The van der Waals surface area contributed by atoms with Crippen molar-refractivity contribution in [2.24, 2.45) is 0 Å². The van der Waals surface area contributed by atoms with E-state index in [9.17, 15) is 14.7 Å². The van der Waals surface area contributed by atoms with Gasteiger partial charge in [0.1, 0.15) is 0 Å². The fourth-order valence-electron chi connectivity index (χ4n) is 4.18. The van der Waals surface area contributed by atoms with Crippen molar-refractivity contribution in [1.29, 1.82) is 0 Å². The first-order valence-corrected chi connectivity index (χ1v) is 22.7. The minimum atomic E-state index is -0.935. The maximum Gasteiger partial charge on any atom is 0.330 e. The van der Waals surface area contributed by atoms with Crippen LogP contribution in [0.5, 0.6) is 0 Å². The summed E-state index contributed by atoms with van der Waals surface area (Å²) in [6, 6.07) is 0. The second-order valence-corrected chi connectivity index (χ2v) is 16.9. The van der Waals surface area contributed by atoms with E-state index in [1.54, 1.807) is 6.92 Å². The summed E-state index contributed by atoms with van der Waals surface area (Å²) in [5.74, 6) is -1.87. The molecule has 0 aliphatic carbocycles. The molecule has 0 aromatic rings. The third-order valence-electron chi connectivity index (χ3n) is 8.38. The molecule has 18 nitrogen and oxygen atoms in total. The van der Waals surface area contributed by atoms with Crippen molar-refractivity contribution in [2.75, 3.05) is 85.9 Å². The fourth-order valence-corrected chi connectivity index (χ4v) is 4.18. The summed E-state index contributed by atoms with van der Waals surface area (Å²) in [7, 11) is 0. The highest BCUT2D eigenvalue weighted by Gasteiger charge is 2.16. The van der Waals surface area contributed by atoms with Crippen LogP contribution in [-0.2, 0) is 66.4 Å². The van der Waals surface area contributed by atoms with Gasteiger partial charge in [0.05, 0.1) is 165 Å². The first-order valence-electron chi connectivity index (χ1n) is 22.7. The molecule has 0 saturated heterocycles. The lowest BCUT2D eigenvalue weighted by molar-refractivity contribution is -0.133. The summed E-state index contributed by atoms with van der Waals surface area (Å²) in [6.07, 6.45) is -1.66. The van der Waals surface area contributed by atoms with Gasteiger partial charge in [-0.1, -0.05) is 13.2 Å². The zero-order valence-electron chi connectivity index (χ0n) is 42.6. The topological polar surface area (TPSA) is 226 Å². The predicted octanol–water partition coefficient (Wildman–Crippen LogP) is 5.51. The average Bonchev–Trinajstić information content (AvgIpc) is 3.25. The molecule has 13 unspecified atom stereocenters. The Bertz CT molecular complexity index is 1130. The van der Waals surface area contributed by atoms with Crippen molar-refractivity contribution >= 4 is 11.9 Å². The van der Waals surface area contributed by atoms with Crippen molar-refractivity contribution in [3.8, 4) is 0 Å². The molecule has 0 fully saturated rings. The van der Waals surface area contributed by atoms with Gasteiger partial charge in [0, 0.05) is 11.1 Å². The van der Waals surface area contributed by atoms with Crippen LogP contribution >= 0.6 is 0 Å². The lowest BCUT2D eigenvalue weighted by atomic mass is 10.3. The Morgan fingerprint density at radius 1 is 0.338 bits per heavy atom. The van der Waals surface area contributed by atoms with Gasteiger partial charge in [0.2, 0.25) is 0 Å². The van der Waals surface area contributed by atoms with Crippen molar-refractivity contribution in [3.05, 3.63) is 24.3 Å². The monoisotopic (exact) mass is 945 g/mol. The van der Waals surface area contributed by atoms with E-state index in [4.69, 9.17) is 72.2 Å². The Morgan fingerprint density at radius 3 is 0.569 bits per heavy atom. The van der Waals surface area contributed by atoms with Crippen molar-refractivity contribution < 1.29 is 86.9 Å². The maximum atomic E-state index is 9.60. The highest BCUT2D eigenvalue weighted by atomic mass is 16.6. The van der Waals surface area contributed by atoms with Gasteiger partial charge >= 0.3 is 11.9 Å². The average molecular weight is 945 g/mol. The normalized spacial score (nSPS) is 17.5. The molecular formula is C47H92O18. The quantitative estimate of drug-likeness (QED) is 0.0557. The van der Waals surface area contributed by atoms with E-state index < -0.39 is 18.0 Å². The summed E-state index contributed by atoms with van der Waals surface area (Å²) >= 11 is 0. The van der Waals surface area contributed by atoms with Gasteiger partial charge in [0.15, 0.2) is 0 Å². The van der Waals surface area contributed by atoms with Gasteiger partial charge in [-0.15, -0.1) is 0 Å². The number of ether oxygens (including phenoxy) is 12. The predicted molar refractivity (Wildman–Crippen MR) is 249 cm³/mol. The standard InChI is InChI=1S/C39H80O14.2C4H6O2/c1-27(41)15-42-29(3)17-44-31(5)19-46-33(7)21-48-35(9)23-50-37(11)25-52-39(13)26-53-38(12)24-51-36(10)22-49-34(8)20-47-32(6)18-45-30(4)16-43-28(2)14-40;2*1-3(2)4(5)6/h27-41H,14-26H2,1-13H3;2*1H2,2H3,(H,5,6). The lowest BCUT2D eigenvalue weighted by Gasteiger charge is -2.23. The lowest BCUT2D eigenvalue weighted by Crippen LogP contribution is -2.31. The second-order valence-electron chi connectivity index (χ2n) is 16.9. The van der Waals surface area contributed by atoms with E-state index in [-0.39, 0.29) is 91.0 Å². The van der Waals surface area contributed by atoms with Crippen LogP contribution in [0.2, 0.25) is 0 Å². The summed E-state index contributed by atoms with van der Waals surface area (Å²) in [4.78, 5) is 19.2. The van der Waals surface area contributed by atoms with Gasteiger partial charge in [-0.2, -0.15) is 0 Å². The van der Waals surface area contributed by atoms with Crippen molar-refractivity contribution in [3.63, 3.8) is 0 Å². The van der Waals surface area contributed by atoms with E-state index in [0.717, 1.165) is 0 Å². The minimum absolute atomic E-state index is 0.00767. The SMILES string of the molecule is C=C(C)C(=O)O.C=C(C)C(=O)O.CC(O)COC(C)COC(C)COC(C)COC(C)COC(C)COC(C)COC(C)COC(C)COC(C)COC(C)COC(C)COC(C)CO. The summed E-state index contributed by atoms with van der Waals surface area (Å²) in [5, 5.41) is 34.1. The van der Waals surface area contributed by atoms with Crippen molar-refractivity contribution in [2.45, 2.75) is 183 Å². The van der Waals surface area contributed by atoms with Crippen LogP contribution < -0.4 is 0 Å². The van der Waals surface area contributed by atoms with Gasteiger partial charge in [-0.3, -0.25) is 0 Å². The van der Waals surface area contributed by atoms with Crippen LogP contribution in [0.25, 0.3) is 0 Å². The van der Waals surface area contributed by atoms with Gasteiger partial charge < -0.3 is 77.3 Å². The number of aliphatic hydroxyl groups excluding tert-OH is 2. The molecule has 0 aliphatic rings. The molecule has 388 valence electrons. The molecule has 0 spiro atoms. The van der Waals surface area contributed by atoms with Crippen LogP contribution in [0.3, 0.4) is 0 Å². The number of rotatable bonds is 39. The number of hydrogen-bond donors (Lipinski definition) is 4. The first-order chi connectivity index (χ1) is 30.3. The summed E-state index contributed by atoms with van der Waals surface area (Å²) in [5.41, 5.74) is 0.352. The van der Waals surface area contributed by atoms with Gasteiger partial charge in [-0.05, 0) is 104 Å². The fraction of sp³-hybridized carbons (Fsp3) is 0.872. The zero-order chi connectivity index (χ0) is 50.5. The molecule has 4 N–H and O–H groups in total. The Balaban J connectivity index is -0.00000279. The number of aliphatic carboxylic acids is 2. The third-order valence-corrected chi connectivity index (χ3v) is 8.38. The second kappa shape index (κ2) is 42.0. The van der Waals surface area contributed by atoms with Crippen LogP contribution in [0, 0.1) is 0 Å². The number of hydrogen-bond acceptors (Lipinski definition) is 16. The molecule has 0 aromatic heterocycles. The van der Waals surface area contributed by atoms with E-state index >= 15 is 0 Å². The number of carboxylic acids is 2. The Kier molecular flexibility index (Phi) is 43.4. The summed E-state index contributed by atoms with van der Waals surface area (Å²) in [6.45, 7) is 39.5. The van der Waals surface area contributed by atoms with Gasteiger partial charge in [0.25, 0.3) is 0 Å². The molecule has 0 radical (unpaired) electrons. The van der Waals surface area contributed by atoms with E-state index in [2.05, 4.69) is 13.2 Å². The highest BCUT2D eigenvalue weighted by molar-refractivity contribution is 5.85. The van der Waals surface area contributed by atoms with Crippen LogP contribution in [0.1, 0.15) is 104 Å². The molecule has 18 heteroatoms. The molecule has 13 atom stereocenters. The number of carboxylic acid groups (broad SMARTS) is 2. The molecular weight excluding hydrogens is 852 g/mol. The first kappa shape index (κ1) is 67.1. The van der Waals surface area contributed by atoms with Crippen LogP contribution in [-0.4, -0.2) is 198 Å².